The van der Waals surface area contributed by atoms with E-state index in [-0.39, 0.29) is 12.5 Å². The van der Waals surface area contributed by atoms with Crippen molar-refractivity contribution in [2.75, 3.05) is 11.9 Å². The Morgan fingerprint density at radius 2 is 2.36 bits per heavy atom. The number of benzene rings is 1. The van der Waals surface area contributed by atoms with Crippen LogP contribution >= 0.6 is 11.6 Å². The number of carbonyl (C=O) groups is 1. The van der Waals surface area contributed by atoms with Gasteiger partial charge >= 0.3 is 0 Å². The molecule has 2 rings (SSSR count). The monoisotopic (exact) mass is 212 g/mol. The first kappa shape index (κ1) is 9.30. The summed E-state index contributed by atoms with van der Waals surface area (Å²) in [6, 6.07) is 5.17. The van der Waals surface area contributed by atoms with Gasteiger partial charge in [-0.1, -0.05) is 17.7 Å². The second-order valence-corrected chi connectivity index (χ2v) is 3.36. The molecule has 4 nitrogen and oxygen atoms in total. The van der Waals surface area contributed by atoms with Crippen LogP contribution in [0.5, 0.6) is 5.75 Å². The molecule has 5 heteroatoms. The quantitative estimate of drug-likeness (QED) is 0.730. The van der Waals surface area contributed by atoms with E-state index < -0.39 is 6.10 Å². The topological polar surface area (TPSA) is 64.3 Å². The van der Waals surface area contributed by atoms with E-state index in [1.807, 2.05) is 0 Å². The minimum absolute atomic E-state index is 0.135. The third-order valence-corrected chi connectivity index (χ3v) is 2.29. The Bertz CT molecular complexity index is 381. The van der Waals surface area contributed by atoms with E-state index in [0.29, 0.717) is 16.5 Å². The van der Waals surface area contributed by atoms with Crippen molar-refractivity contribution in [2.45, 2.75) is 6.10 Å². The molecule has 0 saturated carbocycles. The Morgan fingerprint density at radius 3 is 3.07 bits per heavy atom. The van der Waals surface area contributed by atoms with Gasteiger partial charge in [-0.15, -0.1) is 0 Å². The zero-order valence-electron chi connectivity index (χ0n) is 7.29. The zero-order valence-corrected chi connectivity index (χ0v) is 8.04. The fraction of sp³-hybridized carbons (Fsp3) is 0.222. The van der Waals surface area contributed by atoms with Crippen molar-refractivity contribution in [1.29, 1.82) is 0 Å². The molecule has 3 N–H and O–H groups in total. The first-order valence-corrected chi connectivity index (χ1v) is 4.56. The highest BCUT2D eigenvalue weighted by atomic mass is 35.5. The predicted molar refractivity (Wildman–Crippen MR) is 53.6 cm³/mol. The zero-order chi connectivity index (χ0) is 10.1. The molecular weight excluding hydrogens is 204 g/mol. The van der Waals surface area contributed by atoms with E-state index in [0.717, 1.165) is 0 Å². The molecular formula is C9H9ClN2O2. The third kappa shape index (κ3) is 1.42. The maximum absolute atomic E-state index is 11.3. The van der Waals surface area contributed by atoms with Gasteiger partial charge < -0.3 is 15.8 Å². The van der Waals surface area contributed by atoms with Gasteiger partial charge in [-0.25, -0.2) is 0 Å². The van der Waals surface area contributed by atoms with E-state index in [1.165, 1.54) is 0 Å². The molecule has 0 aromatic heterocycles. The first-order valence-electron chi connectivity index (χ1n) is 4.18. The maximum Gasteiger partial charge on any atom is 0.266 e. The van der Waals surface area contributed by atoms with Crippen LogP contribution in [0.15, 0.2) is 18.2 Å². The Morgan fingerprint density at radius 1 is 1.57 bits per heavy atom. The number of nitrogens with one attached hydrogen (secondary N) is 1. The van der Waals surface area contributed by atoms with Crippen molar-refractivity contribution >= 4 is 23.2 Å². The van der Waals surface area contributed by atoms with Crippen LogP contribution in [0.25, 0.3) is 0 Å². The molecule has 0 fully saturated rings. The van der Waals surface area contributed by atoms with Crippen LogP contribution in [0.4, 0.5) is 5.69 Å². The van der Waals surface area contributed by atoms with Gasteiger partial charge in [0.2, 0.25) is 0 Å². The molecule has 1 aromatic rings. The SMILES string of the molecule is NCC1Oc2c(Cl)cccc2NC1=O. The lowest BCUT2D eigenvalue weighted by Crippen LogP contribution is -2.42. The van der Waals surface area contributed by atoms with Crippen LogP contribution in [0.1, 0.15) is 0 Å². The number of anilines is 1. The summed E-state index contributed by atoms with van der Waals surface area (Å²) in [6.07, 6.45) is -0.651. The molecule has 1 amide bonds. The number of hydrogen-bond acceptors (Lipinski definition) is 3. The van der Waals surface area contributed by atoms with Crippen LogP contribution in [0, 0.1) is 0 Å². The molecule has 0 radical (unpaired) electrons. The first-order chi connectivity index (χ1) is 6.72. The molecule has 1 aliphatic heterocycles. The molecule has 1 aromatic carbocycles. The number of fused-ring (bicyclic) bond motifs is 1. The van der Waals surface area contributed by atoms with Gasteiger partial charge in [-0.05, 0) is 12.1 Å². The highest BCUT2D eigenvalue weighted by Crippen LogP contribution is 2.36. The van der Waals surface area contributed by atoms with Gasteiger partial charge in [-0.3, -0.25) is 4.79 Å². The maximum atomic E-state index is 11.3. The Kier molecular flexibility index (Phi) is 2.31. The van der Waals surface area contributed by atoms with Gasteiger partial charge in [0.25, 0.3) is 5.91 Å². The molecule has 0 spiro atoms. The number of hydrogen-bond donors (Lipinski definition) is 2. The lowest BCUT2D eigenvalue weighted by molar-refractivity contribution is -0.123. The standard InChI is InChI=1S/C9H9ClN2O2/c10-5-2-1-3-6-8(5)14-7(4-11)9(13)12-6/h1-3,7H,4,11H2,(H,12,13). The van der Waals surface area contributed by atoms with Gasteiger partial charge in [-0.2, -0.15) is 0 Å². The minimum atomic E-state index is -0.651. The van der Waals surface area contributed by atoms with Gasteiger partial charge in [0, 0.05) is 6.54 Å². The van der Waals surface area contributed by atoms with Gasteiger partial charge in [0.15, 0.2) is 11.9 Å². The average Bonchev–Trinajstić information content (AvgIpc) is 2.17. The van der Waals surface area contributed by atoms with Crippen molar-refractivity contribution in [1.82, 2.24) is 0 Å². The highest BCUT2D eigenvalue weighted by molar-refractivity contribution is 6.32. The predicted octanol–water partition coefficient (Wildman–Crippen LogP) is 0.998. The van der Waals surface area contributed by atoms with Crippen LogP contribution < -0.4 is 15.8 Å². The molecule has 0 saturated heterocycles. The van der Waals surface area contributed by atoms with E-state index in [2.05, 4.69) is 5.32 Å². The normalized spacial score (nSPS) is 19.6. The molecule has 0 aliphatic carbocycles. The molecule has 1 aliphatic rings. The summed E-state index contributed by atoms with van der Waals surface area (Å²) in [5, 5.41) is 3.15. The second kappa shape index (κ2) is 3.48. The van der Waals surface area contributed by atoms with Crippen molar-refractivity contribution in [3.05, 3.63) is 23.2 Å². The molecule has 1 unspecified atom stereocenters. The van der Waals surface area contributed by atoms with Gasteiger partial charge in [0.05, 0.1) is 10.7 Å². The van der Waals surface area contributed by atoms with E-state index in [4.69, 9.17) is 22.1 Å². The molecule has 1 heterocycles. The largest absolute Gasteiger partial charge is 0.475 e. The van der Waals surface area contributed by atoms with Crippen LogP contribution in [-0.2, 0) is 4.79 Å². The van der Waals surface area contributed by atoms with Crippen molar-refractivity contribution in [2.24, 2.45) is 5.73 Å². The van der Waals surface area contributed by atoms with E-state index >= 15 is 0 Å². The molecule has 0 bridgehead atoms. The minimum Gasteiger partial charge on any atom is -0.475 e. The Hall–Kier alpha value is -1.26. The summed E-state index contributed by atoms with van der Waals surface area (Å²) < 4.78 is 5.36. The number of ether oxygens (including phenoxy) is 1. The van der Waals surface area contributed by atoms with Crippen LogP contribution in [0.2, 0.25) is 5.02 Å². The smallest absolute Gasteiger partial charge is 0.266 e. The summed E-state index contributed by atoms with van der Waals surface area (Å²) in [5.41, 5.74) is 5.96. The van der Waals surface area contributed by atoms with Crippen molar-refractivity contribution < 1.29 is 9.53 Å². The molecule has 74 valence electrons. The Labute approximate surface area is 86.0 Å². The average molecular weight is 213 g/mol. The number of carbonyl (C=O) groups excluding carboxylic acids is 1. The van der Waals surface area contributed by atoms with Crippen molar-refractivity contribution in [3.8, 4) is 5.75 Å². The number of halogens is 1. The lowest BCUT2D eigenvalue weighted by Gasteiger charge is -2.25. The Balaban J connectivity index is 2.40. The summed E-state index contributed by atoms with van der Waals surface area (Å²) in [6.45, 7) is 0.135. The fourth-order valence-electron chi connectivity index (χ4n) is 1.29. The summed E-state index contributed by atoms with van der Waals surface area (Å²) in [5.74, 6) is 0.256. The van der Waals surface area contributed by atoms with Crippen molar-refractivity contribution in [3.63, 3.8) is 0 Å². The molecule has 14 heavy (non-hydrogen) atoms. The lowest BCUT2D eigenvalue weighted by atomic mass is 10.2. The summed E-state index contributed by atoms with van der Waals surface area (Å²) in [7, 11) is 0. The van der Waals surface area contributed by atoms with Crippen LogP contribution in [-0.4, -0.2) is 18.6 Å². The van der Waals surface area contributed by atoms with E-state index in [9.17, 15) is 4.79 Å². The molecule has 1 atom stereocenters. The summed E-state index contributed by atoms with van der Waals surface area (Å²) in [4.78, 5) is 11.3. The van der Waals surface area contributed by atoms with E-state index in [1.54, 1.807) is 18.2 Å². The number of para-hydroxylation sites is 1. The fourth-order valence-corrected chi connectivity index (χ4v) is 1.51. The number of amides is 1. The second-order valence-electron chi connectivity index (χ2n) is 2.95. The van der Waals surface area contributed by atoms with Gasteiger partial charge in [0.1, 0.15) is 0 Å². The van der Waals surface area contributed by atoms with Crippen LogP contribution in [0.3, 0.4) is 0 Å². The number of nitrogens with two attached hydrogens (primary N) is 1. The number of rotatable bonds is 1. The summed E-state index contributed by atoms with van der Waals surface area (Å²) >= 11 is 5.90. The third-order valence-electron chi connectivity index (χ3n) is 1.99. The highest BCUT2D eigenvalue weighted by Gasteiger charge is 2.27.